The molecule has 9 nitrogen and oxygen atoms in total. The van der Waals surface area contributed by atoms with Gasteiger partial charge in [-0.15, -0.1) is 10.2 Å². The van der Waals surface area contributed by atoms with E-state index in [-0.39, 0.29) is 23.8 Å². The molecule has 2 aliphatic heterocycles. The predicted octanol–water partition coefficient (Wildman–Crippen LogP) is 2.74. The molecule has 0 radical (unpaired) electrons. The number of carboxylic acids is 1. The van der Waals surface area contributed by atoms with Crippen molar-refractivity contribution in [2.24, 2.45) is 0 Å². The number of amides is 1. The van der Waals surface area contributed by atoms with Crippen molar-refractivity contribution < 1.29 is 14.7 Å². The van der Waals surface area contributed by atoms with Gasteiger partial charge in [-0.3, -0.25) is 4.79 Å². The number of nitrogens with one attached hydrogen (secondary N) is 1. The molecule has 0 aliphatic carbocycles. The summed E-state index contributed by atoms with van der Waals surface area (Å²) in [6.07, 6.45) is 2.60. The molecule has 1 fully saturated rings. The van der Waals surface area contributed by atoms with Crippen LogP contribution >= 0.6 is 0 Å². The molecule has 1 aromatic carbocycles. The average molecular weight is 418 g/mol. The third kappa shape index (κ3) is 3.41. The Morgan fingerprint density at radius 2 is 1.74 bits per heavy atom. The minimum atomic E-state index is -0.978. The number of hydrogen-bond acceptors (Lipinski definition) is 6. The van der Waals surface area contributed by atoms with Crippen molar-refractivity contribution in [1.82, 2.24) is 20.0 Å². The molecule has 0 saturated carbocycles. The summed E-state index contributed by atoms with van der Waals surface area (Å²) >= 11 is 0. The molecular formula is C22H22N6O3. The molecule has 31 heavy (non-hydrogen) atoms. The molecular weight excluding hydrogens is 396 g/mol. The van der Waals surface area contributed by atoms with Crippen LogP contribution in [0.4, 0.5) is 11.6 Å². The molecule has 9 heteroatoms. The van der Waals surface area contributed by atoms with Gasteiger partial charge in [0.15, 0.2) is 11.6 Å². The maximum atomic E-state index is 12.5. The summed E-state index contributed by atoms with van der Waals surface area (Å²) < 4.78 is 1.63. The number of fused-ring (bicyclic) bond motifs is 1. The molecule has 0 bridgehead atoms. The molecule has 0 unspecified atom stereocenters. The quantitative estimate of drug-likeness (QED) is 0.670. The van der Waals surface area contributed by atoms with Crippen molar-refractivity contribution in [2.75, 3.05) is 23.3 Å². The van der Waals surface area contributed by atoms with E-state index < -0.39 is 5.97 Å². The summed E-state index contributed by atoms with van der Waals surface area (Å²) in [5.74, 6) is 0.659. The Labute approximate surface area is 178 Å². The first-order valence-corrected chi connectivity index (χ1v) is 10.3. The SMILES string of the molecule is Cc1nn(-c2ccc(N3CCCC3)nn2)c2c1[C@@H](c1ccc(C(=O)O)cc1)CC(=O)N2. The van der Waals surface area contributed by atoms with E-state index in [1.165, 1.54) is 0 Å². The Hall–Kier alpha value is -3.75. The maximum Gasteiger partial charge on any atom is 0.335 e. The molecule has 2 N–H and O–H groups in total. The predicted molar refractivity (Wildman–Crippen MR) is 114 cm³/mol. The molecule has 2 aromatic heterocycles. The van der Waals surface area contributed by atoms with Crippen LogP contribution in [0.5, 0.6) is 0 Å². The lowest BCUT2D eigenvalue weighted by molar-refractivity contribution is -0.116. The molecule has 3 aromatic rings. The van der Waals surface area contributed by atoms with Gasteiger partial charge in [-0.1, -0.05) is 12.1 Å². The van der Waals surface area contributed by atoms with E-state index in [9.17, 15) is 9.59 Å². The van der Waals surface area contributed by atoms with E-state index >= 15 is 0 Å². The number of benzene rings is 1. The third-order valence-corrected chi connectivity index (χ3v) is 5.95. The van der Waals surface area contributed by atoms with Crippen LogP contribution in [-0.2, 0) is 4.79 Å². The zero-order valence-corrected chi connectivity index (χ0v) is 17.1. The summed E-state index contributed by atoms with van der Waals surface area (Å²) in [6, 6.07) is 10.4. The van der Waals surface area contributed by atoms with Crippen molar-refractivity contribution in [3.63, 3.8) is 0 Å². The molecule has 0 spiro atoms. The van der Waals surface area contributed by atoms with Gasteiger partial charge in [0.1, 0.15) is 5.82 Å². The van der Waals surface area contributed by atoms with Crippen LogP contribution in [0.1, 0.15) is 52.4 Å². The summed E-state index contributed by atoms with van der Waals surface area (Å²) in [5.41, 5.74) is 2.78. The van der Waals surface area contributed by atoms with Gasteiger partial charge in [0.25, 0.3) is 0 Å². The van der Waals surface area contributed by atoms with E-state index in [2.05, 4.69) is 25.5 Å². The number of nitrogens with zero attached hydrogens (tertiary/aromatic N) is 5. The number of carboxylic acid groups (broad SMARTS) is 1. The van der Waals surface area contributed by atoms with Crippen LogP contribution in [0.15, 0.2) is 36.4 Å². The number of anilines is 2. The highest BCUT2D eigenvalue weighted by Crippen LogP contribution is 2.40. The first kappa shape index (κ1) is 19.2. The lowest BCUT2D eigenvalue weighted by Crippen LogP contribution is -2.25. The third-order valence-electron chi connectivity index (χ3n) is 5.95. The summed E-state index contributed by atoms with van der Waals surface area (Å²) in [6.45, 7) is 3.88. The van der Waals surface area contributed by atoms with Crippen LogP contribution in [0, 0.1) is 6.92 Å². The molecule has 1 atom stereocenters. The minimum Gasteiger partial charge on any atom is -0.478 e. The van der Waals surface area contributed by atoms with Crippen molar-refractivity contribution >= 4 is 23.5 Å². The van der Waals surface area contributed by atoms with Crippen LogP contribution in [0.3, 0.4) is 0 Å². The lowest BCUT2D eigenvalue weighted by atomic mass is 9.85. The number of rotatable bonds is 4. The fourth-order valence-corrected chi connectivity index (χ4v) is 4.40. The van der Waals surface area contributed by atoms with Gasteiger partial charge >= 0.3 is 5.97 Å². The highest BCUT2D eigenvalue weighted by atomic mass is 16.4. The molecule has 158 valence electrons. The van der Waals surface area contributed by atoms with E-state index in [0.29, 0.717) is 11.6 Å². The number of hydrogen-bond donors (Lipinski definition) is 2. The van der Waals surface area contributed by atoms with E-state index in [1.54, 1.807) is 28.9 Å². The largest absolute Gasteiger partial charge is 0.478 e. The van der Waals surface area contributed by atoms with Crippen molar-refractivity contribution in [3.05, 3.63) is 58.8 Å². The van der Waals surface area contributed by atoms with Crippen molar-refractivity contribution in [3.8, 4) is 5.82 Å². The Morgan fingerprint density at radius 1 is 1.06 bits per heavy atom. The van der Waals surface area contributed by atoms with Gasteiger partial charge < -0.3 is 15.3 Å². The monoisotopic (exact) mass is 418 g/mol. The fraction of sp³-hybridized carbons (Fsp3) is 0.318. The van der Waals surface area contributed by atoms with Gasteiger partial charge in [-0.05, 0) is 49.6 Å². The smallest absolute Gasteiger partial charge is 0.335 e. The fourth-order valence-electron chi connectivity index (χ4n) is 4.40. The van der Waals surface area contributed by atoms with Gasteiger partial charge in [0, 0.05) is 31.0 Å². The summed E-state index contributed by atoms with van der Waals surface area (Å²) in [7, 11) is 0. The van der Waals surface area contributed by atoms with Gasteiger partial charge in [-0.25, -0.2) is 4.79 Å². The molecule has 2 aliphatic rings. The standard InChI is InChI=1S/C22H22N6O3/c1-13-20-16(14-4-6-15(7-5-14)22(30)31)12-19(29)23-21(20)28(26-13)18-9-8-17(24-25-18)27-10-2-3-11-27/h4-9,16H,2-3,10-12H2,1H3,(H,23,29)(H,30,31)/t16-/m1/s1. The van der Waals surface area contributed by atoms with E-state index in [0.717, 1.165) is 48.6 Å². The number of carbonyl (C=O) groups excluding carboxylic acids is 1. The Kier molecular flexibility index (Phi) is 4.65. The van der Waals surface area contributed by atoms with Gasteiger partial charge in [0.05, 0.1) is 11.3 Å². The van der Waals surface area contributed by atoms with Gasteiger partial charge in [0.2, 0.25) is 5.91 Å². The second-order valence-electron chi connectivity index (χ2n) is 7.94. The maximum absolute atomic E-state index is 12.5. The second kappa shape index (κ2) is 7.50. The van der Waals surface area contributed by atoms with Gasteiger partial charge in [-0.2, -0.15) is 9.78 Å². The zero-order valence-electron chi connectivity index (χ0n) is 17.1. The van der Waals surface area contributed by atoms with Crippen molar-refractivity contribution in [2.45, 2.75) is 32.1 Å². The minimum absolute atomic E-state index is 0.123. The first-order valence-electron chi connectivity index (χ1n) is 10.3. The van der Waals surface area contributed by atoms with Crippen LogP contribution in [-0.4, -0.2) is 50.1 Å². The van der Waals surface area contributed by atoms with Crippen molar-refractivity contribution in [1.29, 1.82) is 0 Å². The molecule has 1 saturated heterocycles. The normalized spacial score (nSPS) is 18.0. The zero-order chi connectivity index (χ0) is 21.5. The Balaban J connectivity index is 1.52. The van der Waals surface area contributed by atoms with Crippen LogP contribution in [0.2, 0.25) is 0 Å². The number of aromatic nitrogens is 4. The topological polar surface area (TPSA) is 113 Å². The second-order valence-corrected chi connectivity index (χ2v) is 7.94. The molecule has 4 heterocycles. The number of aryl methyl sites for hydroxylation is 1. The highest BCUT2D eigenvalue weighted by Gasteiger charge is 2.33. The first-order chi connectivity index (χ1) is 15.0. The lowest BCUT2D eigenvalue weighted by Gasteiger charge is -2.24. The number of aromatic carboxylic acids is 1. The molecule has 1 amide bonds. The highest BCUT2D eigenvalue weighted by molar-refractivity contribution is 5.95. The van der Waals surface area contributed by atoms with E-state index in [4.69, 9.17) is 5.11 Å². The Morgan fingerprint density at radius 3 is 2.39 bits per heavy atom. The molecule has 5 rings (SSSR count). The number of carbonyl (C=O) groups is 2. The van der Waals surface area contributed by atoms with E-state index in [1.807, 2.05) is 19.1 Å². The summed E-state index contributed by atoms with van der Waals surface area (Å²) in [5, 5.41) is 25.5. The Bertz CT molecular complexity index is 1150. The average Bonchev–Trinajstić information content (AvgIpc) is 3.42. The summed E-state index contributed by atoms with van der Waals surface area (Å²) in [4.78, 5) is 25.9. The van der Waals surface area contributed by atoms with Crippen LogP contribution in [0.25, 0.3) is 5.82 Å². The van der Waals surface area contributed by atoms with Crippen LogP contribution < -0.4 is 10.2 Å².